The Labute approximate surface area is 170 Å². The summed E-state index contributed by atoms with van der Waals surface area (Å²) >= 11 is 0. The number of ether oxygens (including phenoxy) is 2. The van der Waals surface area contributed by atoms with Crippen molar-refractivity contribution in [2.75, 3.05) is 7.11 Å². The highest BCUT2D eigenvalue weighted by Gasteiger charge is 2.13. The topological polar surface area (TPSA) is 85.6 Å². The van der Waals surface area contributed by atoms with Crippen LogP contribution in [-0.4, -0.2) is 24.0 Å². The number of rotatable bonds is 10. The highest BCUT2D eigenvalue weighted by Crippen LogP contribution is 2.28. The van der Waals surface area contributed by atoms with E-state index in [1.807, 2.05) is 43.3 Å². The lowest BCUT2D eigenvalue weighted by molar-refractivity contribution is -0.123. The second-order valence-electron chi connectivity index (χ2n) is 6.53. The van der Waals surface area contributed by atoms with Crippen molar-refractivity contribution in [1.29, 1.82) is 0 Å². The lowest BCUT2D eigenvalue weighted by Gasteiger charge is -2.15. The highest BCUT2D eigenvalue weighted by molar-refractivity contribution is 5.81. The van der Waals surface area contributed by atoms with Crippen LogP contribution in [0.5, 0.6) is 11.5 Å². The van der Waals surface area contributed by atoms with Gasteiger partial charge >= 0.3 is 0 Å². The van der Waals surface area contributed by atoms with Gasteiger partial charge in [-0.3, -0.25) is 9.78 Å². The molecule has 7 heteroatoms. The normalized spacial score (nSPS) is 11.7. The molecule has 152 valence electrons. The number of amides is 1. The minimum Gasteiger partial charge on any atom is -0.493 e. The van der Waals surface area contributed by atoms with Gasteiger partial charge in [-0.15, -0.1) is 0 Å². The van der Waals surface area contributed by atoms with Gasteiger partial charge in [0.25, 0.3) is 0 Å². The van der Waals surface area contributed by atoms with E-state index < -0.39 is 0 Å². The molecule has 0 radical (unpaired) electrons. The van der Waals surface area contributed by atoms with Gasteiger partial charge in [-0.2, -0.15) is 0 Å². The molecule has 2 N–H and O–H groups in total. The molecule has 0 aliphatic heterocycles. The Kier molecular flexibility index (Phi) is 7.24. The Bertz CT molecular complexity index is 898. The van der Waals surface area contributed by atoms with Crippen molar-refractivity contribution in [3.8, 4) is 11.5 Å². The largest absolute Gasteiger partial charge is 0.493 e. The van der Waals surface area contributed by atoms with Crippen LogP contribution < -0.4 is 20.1 Å². The number of benzene rings is 1. The lowest BCUT2D eigenvalue weighted by Crippen LogP contribution is -2.41. The van der Waals surface area contributed by atoms with Crippen LogP contribution in [0.15, 0.2) is 65.5 Å². The zero-order valence-electron chi connectivity index (χ0n) is 16.6. The number of aromatic nitrogens is 1. The molecule has 0 aliphatic carbocycles. The van der Waals surface area contributed by atoms with E-state index in [0.717, 1.165) is 16.9 Å². The van der Waals surface area contributed by atoms with Gasteiger partial charge < -0.3 is 24.5 Å². The first-order valence-electron chi connectivity index (χ1n) is 9.38. The number of hydrogen-bond acceptors (Lipinski definition) is 6. The number of methoxy groups -OCH3 is 1. The van der Waals surface area contributed by atoms with Gasteiger partial charge in [0.05, 0.1) is 26.0 Å². The number of carbonyl (C=O) groups excluding carboxylic acids is 1. The van der Waals surface area contributed by atoms with Gasteiger partial charge in [-0.05, 0) is 54.4 Å². The zero-order chi connectivity index (χ0) is 20.5. The molecule has 0 fully saturated rings. The summed E-state index contributed by atoms with van der Waals surface area (Å²) in [6.45, 7) is 3.15. The van der Waals surface area contributed by atoms with Crippen LogP contribution in [0.2, 0.25) is 0 Å². The van der Waals surface area contributed by atoms with Crippen LogP contribution in [0, 0.1) is 0 Å². The summed E-state index contributed by atoms with van der Waals surface area (Å²) in [5.74, 6) is 1.94. The first kappa shape index (κ1) is 20.4. The molecule has 7 nitrogen and oxygen atoms in total. The molecule has 0 spiro atoms. The molecule has 29 heavy (non-hydrogen) atoms. The number of nitrogens with zero attached hydrogens (tertiary/aromatic N) is 1. The van der Waals surface area contributed by atoms with Gasteiger partial charge in [0.2, 0.25) is 5.91 Å². The van der Waals surface area contributed by atoms with Crippen molar-refractivity contribution in [3.63, 3.8) is 0 Å². The molecule has 0 bridgehead atoms. The molecular formula is C22H25N3O4. The second kappa shape index (κ2) is 10.3. The summed E-state index contributed by atoms with van der Waals surface area (Å²) in [5, 5.41) is 6.05. The highest BCUT2D eigenvalue weighted by atomic mass is 16.5. The second-order valence-corrected chi connectivity index (χ2v) is 6.53. The predicted molar refractivity (Wildman–Crippen MR) is 108 cm³/mol. The molecule has 1 amide bonds. The van der Waals surface area contributed by atoms with Crippen molar-refractivity contribution in [2.24, 2.45) is 0 Å². The van der Waals surface area contributed by atoms with E-state index in [4.69, 9.17) is 13.9 Å². The summed E-state index contributed by atoms with van der Waals surface area (Å²) in [6.07, 6.45) is 5.05. The molecule has 2 aromatic heterocycles. The molecular weight excluding hydrogens is 370 g/mol. The van der Waals surface area contributed by atoms with Gasteiger partial charge in [0.15, 0.2) is 11.5 Å². The summed E-state index contributed by atoms with van der Waals surface area (Å²) in [4.78, 5) is 16.2. The zero-order valence-corrected chi connectivity index (χ0v) is 16.6. The van der Waals surface area contributed by atoms with Crippen LogP contribution >= 0.6 is 0 Å². The smallest absolute Gasteiger partial charge is 0.237 e. The van der Waals surface area contributed by atoms with E-state index >= 15 is 0 Å². The van der Waals surface area contributed by atoms with Crippen LogP contribution in [0.25, 0.3) is 0 Å². The summed E-state index contributed by atoms with van der Waals surface area (Å²) in [6, 6.07) is 12.8. The van der Waals surface area contributed by atoms with Crippen LogP contribution in [0.3, 0.4) is 0 Å². The van der Waals surface area contributed by atoms with Crippen molar-refractivity contribution in [1.82, 2.24) is 15.6 Å². The Balaban J connectivity index is 1.50. The van der Waals surface area contributed by atoms with Gasteiger partial charge in [0, 0.05) is 18.9 Å². The average Bonchev–Trinajstić information content (AvgIpc) is 3.29. The maximum atomic E-state index is 12.2. The van der Waals surface area contributed by atoms with Gasteiger partial charge in [-0.1, -0.05) is 6.07 Å². The van der Waals surface area contributed by atoms with E-state index in [0.29, 0.717) is 31.2 Å². The standard InChI is InChI=1S/C22H25N3O4/c1-16(22(26)25-14-19-4-3-11-28-19)24-13-18-5-6-20(21(12-18)27-2)29-15-17-7-9-23-10-8-17/h3-12,16,24H,13-15H2,1-2H3,(H,25,26). The monoisotopic (exact) mass is 395 g/mol. The number of pyridine rings is 1. The maximum Gasteiger partial charge on any atom is 0.237 e. The lowest BCUT2D eigenvalue weighted by atomic mass is 10.2. The number of nitrogens with one attached hydrogen (secondary N) is 2. The molecule has 1 atom stereocenters. The van der Waals surface area contributed by atoms with Crippen LogP contribution in [0.1, 0.15) is 23.8 Å². The minimum atomic E-state index is -0.349. The number of furan rings is 1. The Morgan fingerprint density at radius 2 is 1.93 bits per heavy atom. The Morgan fingerprint density at radius 3 is 2.66 bits per heavy atom. The van der Waals surface area contributed by atoms with E-state index in [9.17, 15) is 4.79 Å². The van der Waals surface area contributed by atoms with Crippen LogP contribution in [-0.2, 0) is 24.5 Å². The fourth-order valence-electron chi connectivity index (χ4n) is 2.69. The summed E-state index contributed by atoms with van der Waals surface area (Å²) in [7, 11) is 1.61. The van der Waals surface area contributed by atoms with Crippen molar-refractivity contribution < 1.29 is 18.7 Å². The quantitative estimate of drug-likeness (QED) is 0.549. The van der Waals surface area contributed by atoms with E-state index in [1.165, 1.54) is 0 Å². The predicted octanol–water partition coefficient (Wildman–Crippen LogP) is 3.06. The third-order valence-corrected chi connectivity index (χ3v) is 4.39. The summed E-state index contributed by atoms with van der Waals surface area (Å²) < 4.78 is 16.5. The van der Waals surface area contributed by atoms with E-state index in [1.54, 1.807) is 31.8 Å². The first-order valence-corrected chi connectivity index (χ1v) is 9.38. The SMILES string of the molecule is COc1cc(CNC(C)C(=O)NCc2ccco2)ccc1OCc1ccncc1. The molecule has 0 saturated carbocycles. The Hall–Kier alpha value is -3.32. The van der Waals surface area contributed by atoms with Crippen molar-refractivity contribution >= 4 is 5.91 Å². The third-order valence-electron chi connectivity index (χ3n) is 4.39. The minimum absolute atomic E-state index is 0.0920. The third kappa shape index (κ3) is 6.08. The molecule has 1 aromatic carbocycles. The van der Waals surface area contributed by atoms with E-state index in [-0.39, 0.29) is 11.9 Å². The Morgan fingerprint density at radius 1 is 1.10 bits per heavy atom. The van der Waals surface area contributed by atoms with Gasteiger partial charge in [-0.25, -0.2) is 0 Å². The molecule has 3 aromatic rings. The number of carbonyl (C=O) groups is 1. The fourth-order valence-corrected chi connectivity index (χ4v) is 2.69. The molecule has 2 heterocycles. The molecule has 3 rings (SSSR count). The van der Waals surface area contributed by atoms with Crippen molar-refractivity contribution in [3.05, 3.63) is 78.0 Å². The summed E-state index contributed by atoms with van der Waals surface area (Å²) in [5.41, 5.74) is 2.02. The number of hydrogen-bond donors (Lipinski definition) is 2. The van der Waals surface area contributed by atoms with Crippen LogP contribution in [0.4, 0.5) is 0 Å². The fraction of sp³-hybridized carbons (Fsp3) is 0.273. The molecule has 1 unspecified atom stereocenters. The molecule has 0 aliphatic rings. The van der Waals surface area contributed by atoms with Gasteiger partial charge in [0.1, 0.15) is 12.4 Å². The van der Waals surface area contributed by atoms with E-state index in [2.05, 4.69) is 15.6 Å². The van der Waals surface area contributed by atoms with Crippen molar-refractivity contribution in [2.45, 2.75) is 32.7 Å². The molecule has 0 saturated heterocycles. The average molecular weight is 395 g/mol. The maximum absolute atomic E-state index is 12.2. The first-order chi connectivity index (χ1) is 14.2.